The van der Waals surface area contributed by atoms with Crippen molar-refractivity contribution in [2.24, 2.45) is 0 Å². The number of benzene rings is 1. The van der Waals surface area contributed by atoms with Crippen LogP contribution in [0.2, 0.25) is 0 Å². The van der Waals surface area contributed by atoms with E-state index in [0.717, 1.165) is 28.0 Å². The van der Waals surface area contributed by atoms with Crippen molar-refractivity contribution in [3.8, 4) is 0 Å². The summed E-state index contributed by atoms with van der Waals surface area (Å²) in [5.74, 6) is -1.45. The van der Waals surface area contributed by atoms with Crippen LogP contribution in [0.1, 0.15) is 48.5 Å². The lowest BCUT2D eigenvalue weighted by molar-refractivity contribution is 0.0702. The lowest BCUT2D eigenvalue weighted by Crippen LogP contribution is -2.46. The molecule has 1 atom stereocenters. The lowest BCUT2D eigenvalue weighted by Gasteiger charge is -2.30. The van der Waals surface area contributed by atoms with E-state index < -0.39 is 17.4 Å². The summed E-state index contributed by atoms with van der Waals surface area (Å²) in [6.07, 6.45) is 0. The Labute approximate surface area is 145 Å². The number of nitrogens with one attached hydrogen (secondary N) is 1. The minimum Gasteiger partial charge on any atom is -0.477 e. The number of thiophene rings is 1. The molecule has 1 amide bonds. The third kappa shape index (κ3) is 3.49. The standard InChI is InChI=1S/C18H21NO4S/c1-10-5-6-13(7-11(10)2)18(4,9-20)19-16(21)14-8-15(17(22)23)24-12(14)3/h5-8,20H,9H2,1-4H3,(H,19,21)(H,22,23). The molecule has 0 aliphatic rings. The highest BCUT2D eigenvalue weighted by Crippen LogP contribution is 2.26. The number of carboxylic acid groups (broad SMARTS) is 1. The summed E-state index contributed by atoms with van der Waals surface area (Å²) in [7, 11) is 0. The molecule has 1 aromatic carbocycles. The Morgan fingerprint density at radius 2 is 1.83 bits per heavy atom. The number of aliphatic hydroxyl groups is 1. The molecule has 1 unspecified atom stereocenters. The lowest BCUT2D eigenvalue weighted by atomic mass is 9.90. The Morgan fingerprint density at radius 3 is 2.33 bits per heavy atom. The van der Waals surface area contributed by atoms with Gasteiger partial charge in [0.05, 0.1) is 17.7 Å². The first-order chi connectivity index (χ1) is 11.2. The summed E-state index contributed by atoms with van der Waals surface area (Å²) in [5.41, 5.74) is 2.37. The Kier molecular flexibility index (Phi) is 5.11. The van der Waals surface area contributed by atoms with Crippen molar-refractivity contribution in [2.45, 2.75) is 33.2 Å². The molecule has 24 heavy (non-hydrogen) atoms. The number of carbonyl (C=O) groups excluding carboxylic acids is 1. The third-order valence-electron chi connectivity index (χ3n) is 4.22. The molecule has 6 heteroatoms. The van der Waals surface area contributed by atoms with Crippen LogP contribution in [0, 0.1) is 20.8 Å². The quantitative estimate of drug-likeness (QED) is 0.776. The van der Waals surface area contributed by atoms with Crippen LogP contribution in [0.25, 0.3) is 0 Å². The van der Waals surface area contributed by atoms with Crippen LogP contribution in [0.3, 0.4) is 0 Å². The molecule has 2 rings (SSSR count). The molecule has 0 bridgehead atoms. The number of hydrogen-bond acceptors (Lipinski definition) is 4. The molecule has 128 valence electrons. The second kappa shape index (κ2) is 6.75. The van der Waals surface area contributed by atoms with Gasteiger partial charge < -0.3 is 15.5 Å². The van der Waals surface area contributed by atoms with E-state index in [2.05, 4.69) is 5.32 Å². The maximum Gasteiger partial charge on any atom is 0.345 e. The number of aliphatic hydroxyl groups excluding tert-OH is 1. The number of aryl methyl sites for hydroxylation is 3. The number of carbonyl (C=O) groups is 2. The number of hydrogen-bond donors (Lipinski definition) is 3. The van der Waals surface area contributed by atoms with Crippen molar-refractivity contribution in [3.63, 3.8) is 0 Å². The molecule has 5 nitrogen and oxygen atoms in total. The van der Waals surface area contributed by atoms with Gasteiger partial charge in [-0.1, -0.05) is 18.2 Å². The van der Waals surface area contributed by atoms with Crippen molar-refractivity contribution in [2.75, 3.05) is 6.61 Å². The molecule has 0 spiro atoms. The first-order valence-electron chi connectivity index (χ1n) is 7.53. The van der Waals surface area contributed by atoms with Gasteiger partial charge in [0.2, 0.25) is 0 Å². The fraction of sp³-hybridized carbons (Fsp3) is 0.333. The number of carboxylic acids is 1. The molecular weight excluding hydrogens is 326 g/mol. The predicted octanol–water partition coefficient (Wildman–Crippen LogP) is 3.01. The SMILES string of the molecule is Cc1ccc(C(C)(CO)NC(=O)c2cc(C(=O)O)sc2C)cc1C. The smallest absolute Gasteiger partial charge is 0.345 e. The highest BCUT2D eigenvalue weighted by molar-refractivity contribution is 7.14. The van der Waals surface area contributed by atoms with Gasteiger partial charge in [0.15, 0.2) is 0 Å². The van der Waals surface area contributed by atoms with Crippen molar-refractivity contribution < 1.29 is 19.8 Å². The summed E-state index contributed by atoms with van der Waals surface area (Å²) in [4.78, 5) is 24.4. The predicted molar refractivity (Wildman–Crippen MR) is 93.8 cm³/mol. The molecule has 0 radical (unpaired) electrons. The van der Waals surface area contributed by atoms with Crippen molar-refractivity contribution in [3.05, 3.63) is 56.3 Å². The molecule has 3 N–H and O–H groups in total. The van der Waals surface area contributed by atoms with E-state index in [-0.39, 0.29) is 11.5 Å². The zero-order valence-corrected chi connectivity index (χ0v) is 15.0. The van der Waals surface area contributed by atoms with Gasteiger partial charge in [-0.3, -0.25) is 4.79 Å². The second-order valence-electron chi connectivity index (χ2n) is 6.13. The van der Waals surface area contributed by atoms with Gasteiger partial charge in [-0.2, -0.15) is 0 Å². The highest BCUT2D eigenvalue weighted by Gasteiger charge is 2.30. The first kappa shape index (κ1) is 18.2. The van der Waals surface area contributed by atoms with E-state index >= 15 is 0 Å². The molecule has 0 saturated heterocycles. The largest absolute Gasteiger partial charge is 0.477 e. The van der Waals surface area contributed by atoms with Crippen LogP contribution < -0.4 is 5.32 Å². The summed E-state index contributed by atoms with van der Waals surface area (Å²) >= 11 is 1.06. The van der Waals surface area contributed by atoms with Gasteiger partial charge in [0.1, 0.15) is 4.88 Å². The van der Waals surface area contributed by atoms with E-state index in [9.17, 15) is 14.7 Å². The summed E-state index contributed by atoms with van der Waals surface area (Å²) < 4.78 is 0. The molecule has 0 aliphatic heterocycles. The Hall–Kier alpha value is -2.18. The summed E-state index contributed by atoms with van der Waals surface area (Å²) in [5, 5.41) is 21.7. The van der Waals surface area contributed by atoms with Crippen LogP contribution >= 0.6 is 11.3 Å². The third-order valence-corrected chi connectivity index (χ3v) is 5.26. The molecule has 1 aromatic heterocycles. The molecule has 1 heterocycles. The van der Waals surface area contributed by atoms with Crippen LogP contribution in [-0.2, 0) is 5.54 Å². The van der Waals surface area contributed by atoms with Crippen molar-refractivity contribution in [1.29, 1.82) is 0 Å². The van der Waals surface area contributed by atoms with Crippen LogP contribution in [0.5, 0.6) is 0 Å². The van der Waals surface area contributed by atoms with Crippen LogP contribution in [0.4, 0.5) is 0 Å². The number of aromatic carboxylic acids is 1. The Bertz CT molecular complexity index is 796. The second-order valence-corrected chi connectivity index (χ2v) is 7.39. The molecule has 2 aromatic rings. The molecule has 0 saturated carbocycles. The van der Waals surface area contributed by atoms with Gasteiger partial charge in [-0.25, -0.2) is 4.79 Å². The van der Waals surface area contributed by atoms with E-state index in [1.165, 1.54) is 6.07 Å². The Morgan fingerprint density at radius 1 is 1.17 bits per heavy atom. The van der Waals surface area contributed by atoms with Crippen molar-refractivity contribution in [1.82, 2.24) is 5.32 Å². The van der Waals surface area contributed by atoms with E-state index in [4.69, 9.17) is 5.11 Å². The molecule has 0 aliphatic carbocycles. The summed E-state index contributed by atoms with van der Waals surface area (Å²) in [6, 6.07) is 7.13. The fourth-order valence-electron chi connectivity index (χ4n) is 2.42. The topological polar surface area (TPSA) is 86.6 Å². The highest BCUT2D eigenvalue weighted by atomic mass is 32.1. The summed E-state index contributed by atoms with van der Waals surface area (Å²) in [6.45, 7) is 7.15. The van der Waals surface area contributed by atoms with E-state index in [1.807, 2.05) is 32.0 Å². The Balaban J connectivity index is 2.33. The molecule has 0 fully saturated rings. The number of rotatable bonds is 5. The van der Waals surface area contributed by atoms with E-state index in [1.54, 1.807) is 13.8 Å². The van der Waals surface area contributed by atoms with Gasteiger partial charge in [0.25, 0.3) is 5.91 Å². The molecular formula is C18H21NO4S. The van der Waals surface area contributed by atoms with Gasteiger partial charge in [-0.05, 0) is 50.5 Å². The zero-order chi connectivity index (χ0) is 18.1. The maximum atomic E-state index is 12.6. The normalized spacial score (nSPS) is 13.4. The first-order valence-corrected chi connectivity index (χ1v) is 8.34. The van der Waals surface area contributed by atoms with Crippen LogP contribution in [-0.4, -0.2) is 28.7 Å². The minimum atomic E-state index is -1.05. The monoisotopic (exact) mass is 347 g/mol. The maximum absolute atomic E-state index is 12.6. The zero-order valence-electron chi connectivity index (χ0n) is 14.1. The van der Waals surface area contributed by atoms with Gasteiger partial charge in [-0.15, -0.1) is 11.3 Å². The minimum absolute atomic E-state index is 0.120. The van der Waals surface area contributed by atoms with Gasteiger partial charge in [0, 0.05) is 4.88 Å². The van der Waals surface area contributed by atoms with Crippen molar-refractivity contribution >= 4 is 23.2 Å². The number of amides is 1. The van der Waals surface area contributed by atoms with Crippen LogP contribution in [0.15, 0.2) is 24.3 Å². The van der Waals surface area contributed by atoms with E-state index in [0.29, 0.717) is 10.4 Å². The average molecular weight is 347 g/mol. The average Bonchev–Trinajstić information content (AvgIpc) is 2.92. The fourth-order valence-corrected chi connectivity index (χ4v) is 3.27. The van der Waals surface area contributed by atoms with Gasteiger partial charge >= 0.3 is 5.97 Å².